The molecule has 2 nitrogen and oxygen atoms in total. The van der Waals surface area contributed by atoms with E-state index in [0.29, 0.717) is 0 Å². The maximum atomic E-state index is 12.7. The molecule has 106 valence electrons. The smallest absolute Gasteiger partial charge is 0.178 e. The number of hydrogen-bond donors (Lipinski definition) is 1. The molecular weight excluding hydrogens is 278 g/mol. The molecule has 2 aromatic carbocycles. The fourth-order valence-electron chi connectivity index (χ4n) is 2.43. The number of hydrogen-bond acceptors (Lipinski definition) is 2. The van der Waals surface area contributed by atoms with Crippen LogP contribution in [-0.2, 0) is 0 Å². The predicted molar refractivity (Wildman–Crippen MR) is 89.1 cm³/mol. The number of ketones is 1. The molecule has 0 spiro atoms. The van der Waals surface area contributed by atoms with Crippen LogP contribution >= 0.6 is 11.8 Å². The summed E-state index contributed by atoms with van der Waals surface area (Å²) in [5.74, 6) is 0.167. The Hall–Kier alpha value is -2.00. The van der Waals surface area contributed by atoms with Crippen molar-refractivity contribution in [1.29, 1.82) is 0 Å². The standard InChI is InChI=1S/C18H17NOS/c1-12-7-3-6-10-17(12)21-13(2)18(20)15-11-19-16-9-5-4-8-14(15)16/h3-11,13,19H,1-2H3. The van der Waals surface area contributed by atoms with E-state index in [1.807, 2.05) is 49.5 Å². The SMILES string of the molecule is Cc1ccccc1SC(C)C(=O)c1c[nH]c2ccccc12. The first kappa shape index (κ1) is 14.0. The van der Waals surface area contributed by atoms with Gasteiger partial charge < -0.3 is 4.98 Å². The Balaban J connectivity index is 1.86. The molecule has 3 aromatic rings. The highest BCUT2D eigenvalue weighted by Crippen LogP contribution is 2.30. The summed E-state index contributed by atoms with van der Waals surface area (Å²) in [5, 5.41) is 0.894. The van der Waals surface area contributed by atoms with Crippen LogP contribution in [0.2, 0.25) is 0 Å². The highest BCUT2D eigenvalue weighted by molar-refractivity contribution is 8.00. The number of H-pyrrole nitrogens is 1. The number of aromatic nitrogens is 1. The average Bonchev–Trinajstić information content (AvgIpc) is 2.92. The average molecular weight is 295 g/mol. The molecule has 0 saturated heterocycles. The van der Waals surface area contributed by atoms with Gasteiger partial charge in [-0.25, -0.2) is 0 Å². The normalized spacial score (nSPS) is 12.5. The van der Waals surface area contributed by atoms with Gasteiger partial charge in [-0.2, -0.15) is 0 Å². The van der Waals surface area contributed by atoms with E-state index >= 15 is 0 Å². The second kappa shape index (κ2) is 5.78. The van der Waals surface area contributed by atoms with E-state index < -0.39 is 0 Å². The number of thioether (sulfide) groups is 1. The molecule has 1 unspecified atom stereocenters. The maximum absolute atomic E-state index is 12.7. The topological polar surface area (TPSA) is 32.9 Å². The fraction of sp³-hybridized carbons (Fsp3) is 0.167. The number of benzene rings is 2. The minimum absolute atomic E-state index is 0.106. The second-order valence-corrected chi connectivity index (χ2v) is 6.52. The van der Waals surface area contributed by atoms with Crippen molar-refractivity contribution in [2.45, 2.75) is 24.0 Å². The third-order valence-corrected chi connectivity index (χ3v) is 4.90. The second-order valence-electron chi connectivity index (χ2n) is 5.14. The van der Waals surface area contributed by atoms with Crippen molar-refractivity contribution in [3.8, 4) is 0 Å². The van der Waals surface area contributed by atoms with Crippen molar-refractivity contribution in [2.24, 2.45) is 0 Å². The van der Waals surface area contributed by atoms with Gasteiger partial charge >= 0.3 is 0 Å². The molecule has 3 heteroatoms. The zero-order chi connectivity index (χ0) is 14.8. The van der Waals surface area contributed by atoms with Gasteiger partial charge in [0.1, 0.15) is 0 Å². The summed E-state index contributed by atoms with van der Waals surface area (Å²) in [6.07, 6.45) is 1.82. The van der Waals surface area contributed by atoms with E-state index in [1.54, 1.807) is 11.8 Å². The van der Waals surface area contributed by atoms with Gasteiger partial charge in [-0.1, -0.05) is 36.4 Å². The number of nitrogens with one attached hydrogen (secondary N) is 1. The quantitative estimate of drug-likeness (QED) is 0.552. The lowest BCUT2D eigenvalue weighted by molar-refractivity contribution is 0.0995. The van der Waals surface area contributed by atoms with Crippen LogP contribution in [0.4, 0.5) is 0 Å². The number of aromatic amines is 1. The molecule has 1 aromatic heterocycles. The third kappa shape index (κ3) is 2.74. The van der Waals surface area contributed by atoms with Gasteiger partial charge in [0.25, 0.3) is 0 Å². The first-order valence-electron chi connectivity index (χ1n) is 6.99. The first-order chi connectivity index (χ1) is 10.2. The molecule has 1 atom stereocenters. The molecule has 0 fully saturated rings. The number of carbonyl (C=O) groups is 1. The summed E-state index contributed by atoms with van der Waals surface area (Å²) in [5.41, 5.74) is 2.99. The molecule has 0 aliphatic rings. The molecule has 1 N–H and O–H groups in total. The van der Waals surface area contributed by atoms with E-state index in [9.17, 15) is 4.79 Å². The summed E-state index contributed by atoms with van der Waals surface area (Å²) in [6, 6.07) is 16.1. The highest BCUT2D eigenvalue weighted by atomic mass is 32.2. The Morgan fingerprint density at radius 1 is 1.10 bits per heavy atom. The minimum atomic E-state index is -0.106. The zero-order valence-electron chi connectivity index (χ0n) is 12.1. The lowest BCUT2D eigenvalue weighted by Gasteiger charge is -2.11. The van der Waals surface area contributed by atoms with E-state index in [1.165, 1.54) is 5.56 Å². The van der Waals surface area contributed by atoms with Crippen molar-refractivity contribution < 1.29 is 4.79 Å². The van der Waals surface area contributed by atoms with Crippen molar-refractivity contribution >= 4 is 28.4 Å². The number of carbonyl (C=O) groups excluding carboxylic acids is 1. The number of para-hydroxylation sites is 1. The largest absolute Gasteiger partial charge is 0.360 e. The Bertz CT molecular complexity index is 791. The van der Waals surface area contributed by atoms with E-state index in [-0.39, 0.29) is 11.0 Å². The Morgan fingerprint density at radius 3 is 2.62 bits per heavy atom. The number of Topliss-reactive ketones (excluding diaryl/α,β-unsaturated/α-hetero) is 1. The van der Waals surface area contributed by atoms with Gasteiger partial charge in [0, 0.05) is 27.6 Å². The molecule has 0 aliphatic heterocycles. The monoisotopic (exact) mass is 295 g/mol. The van der Waals surface area contributed by atoms with Gasteiger partial charge in [0.2, 0.25) is 0 Å². The molecule has 0 saturated carbocycles. The molecule has 1 heterocycles. The van der Waals surface area contributed by atoms with Crippen LogP contribution in [0.15, 0.2) is 59.6 Å². The summed E-state index contributed by atoms with van der Waals surface area (Å²) in [4.78, 5) is 17.0. The summed E-state index contributed by atoms with van der Waals surface area (Å²) in [7, 11) is 0. The Morgan fingerprint density at radius 2 is 1.81 bits per heavy atom. The van der Waals surface area contributed by atoms with Crippen LogP contribution in [0.1, 0.15) is 22.8 Å². The van der Waals surface area contributed by atoms with Crippen molar-refractivity contribution in [3.63, 3.8) is 0 Å². The van der Waals surface area contributed by atoms with Crippen molar-refractivity contribution in [1.82, 2.24) is 4.98 Å². The van der Waals surface area contributed by atoms with Crippen molar-refractivity contribution in [3.05, 3.63) is 65.9 Å². The van der Waals surface area contributed by atoms with Gasteiger partial charge in [-0.3, -0.25) is 4.79 Å². The molecule has 21 heavy (non-hydrogen) atoms. The van der Waals surface area contributed by atoms with E-state index in [4.69, 9.17) is 0 Å². The summed E-state index contributed by atoms with van der Waals surface area (Å²) in [6.45, 7) is 4.05. The van der Waals surface area contributed by atoms with Crippen LogP contribution in [0, 0.1) is 6.92 Å². The fourth-order valence-corrected chi connectivity index (χ4v) is 3.45. The van der Waals surface area contributed by atoms with Crippen LogP contribution in [-0.4, -0.2) is 16.0 Å². The Kier molecular flexibility index (Phi) is 3.84. The van der Waals surface area contributed by atoms with Gasteiger partial charge in [0.15, 0.2) is 5.78 Å². The number of rotatable bonds is 4. The molecule has 0 aliphatic carbocycles. The van der Waals surface area contributed by atoms with Gasteiger partial charge in [-0.05, 0) is 31.5 Å². The Labute approximate surface area is 128 Å². The van der Waals surface area contributed by atoms with Crippen LogP contribution in [0.25, 0.3) is 10.9 Å². The summed E-state index contributed by atoms with van der Waals surface area (Å²) < 4.78 is 0. The molecule has 0 amide bonds. The molecule has 0 radical (unpaired) electrons. The van der Waals surface area contributed by atoms with Crippen molar-refractivity contribution in [2.75, 3.05) is 0 Å². The van der Waals surface area contributed by atoms with Crippen LogP contribution < -0.4 is 0 Å². The van der Waals surface area contributed by atoms with Gasteiger partial charge in [-0.15, -0.1) is 11.8 Å². The van der Waals surface area contributed by atoms with Crippen LogP contribution in [0.3, 0.4) is 0 Å². The van der Waals surface area contributed by atoms with E-state index in [0.717, 1.165) is 21.4 Å². The third-order valence-electron chi connectivity index (χ3n) is 3.62. The molecule has 0 bridgehead atoms. The molecule has 3 rings (SSSR count). The molecular formula is C18H17NOS. The number of fused-ring (bicyclic) bond motifs is 1. The van der Waals surface area contributed by atoms with E-state index in [2.05, 4.69) is 24.0 Å². The lowest BCUT2D eigenvalue weighted by Crippen LogP contribution is -2.13. The zero-order valence-corrected chi connectivity index (χ0v) is 12.9. The van der Waals surface area contributed by atoms with Gasteiger partial charge in [0.05, 0.1) is 5.25 Å². The maximum Gasteiger partial charge on any atom is 0.178 e. The first-order valence-corrected chi connectivity index (χ1v) is 7.87. The predicted octanol–water partition coefficient (Wildman–Crippen LogP) is 4.84. The van der Waals surface area contributed by atoms with Crippen LogP contribution in [0.5, 0.6) is 0 Å². The summed E-state index contributed by atoms with van der Waals surface area (Å²) >= 11 is 1.62. The number of aryl methyl sites for hydroxylation is 1. The highest BCUT2D eigenvalue weighted by Gasteiger charge is 2.20. The lowest BCUT2D eigenvalue weighted by atomic mass is 10.1. The minimum Gasteiger partial charge on any atom is -0.360 e.